The van der Waals surface area contributed by atoms with Crippen LogP contribution in [0.3, 0.4) is 0 Å². The van der Waals surface area contributed by atoms with Crippen LogP contribution >= 0.6 is 12.2 Å². The Kier molecular flexibility index (Phi) is 2.63. The summed E-state index contributed by atoms with van der Waals surface area (Å²) in [5, 5.41) is 1.90. The second-order valence-corrected chi connectivity index (χ2v) is 6.10. The highest BCUT2D eigenvalue weighted by atomic mass is 32.1. The molecule has 1 aromatic carbocycles. The number of nitrogens with zero attached hydrogens (tertiary/aromatic N) is 2. The molecule has 1 amide bonds. The Bertz CT molecular complexity index is 766. The van der Waals surface area contributed by atoms with Crippen LogP contribution in [0.1, 0.15) is 31.1 Å². The first-order valence-corrected chi connectivity index (χ1v) is 7.77. The van der Waals surface area contributed by atoms with Crippen molar-refractivity contribution < 1.29 is 4.79 Å². The molecule has 0 aliphatic carbocycles. The molecule has 4 rings (SSSR count). The molecule has 1 fully saturated rings. The van der Waals surface area contributed by atoms with E-state index in [1.54, 1.807) is 4.90 Å². The van der Waals surface area contributed by atoms with E-state index < -0.39 is 0 Å². The molecule has 21 heavy (non-hydrogen) atoms. The predicted octanol–water partition coefficient (Wildman–Crippen LogP) is 2.60. The molecule has 2 atom stereocenters. The highest BCUT2D eigenvalue weighted by Gasteiger charge is 2.47. The monoisotopic (exact) mass is 299 g/mol. The van der Waals surface area contributed by atoms with E-state index in [0.717, 1.165) is 11.9 Å². The van der Waals surface area contributed by atoms with Crippen LogP contribution in [0.5, 0.6) is 0 Å². The topological polar surface area (TPSA) is 39.3 Å². The smallest absolute Gasteiger partial charge is 0.251 e. The summed E-state index contributed by atoms with van der Waals surface area (Å²) >= 11 is 5.52. The van der Waals surface area contributed by atoms with E-state index in [4.69, 9.17) is 12.2 Å². The van der Waals surface area contributed by atoms with Gasteiger partial charge in [0.1, 0.15) is 6.04 Å². The maximum atomic E-state index is 12.6. The number of para-hydroxylation sites is 1. The standard InChI is InChI=1S/C16H17N3OS/c1-3-18-15(20)13-8-11-10-6-4-5-7-12(10)17-14(11)9(2)19(13)16(18)21/h4-7,9,13,17H,3,8H2,1-2H3/t9-,13-/m0/s1. The zero-order valence-electron chi connectivity index (χ0n) is 12.1. The highest BCUT2D eigenvalue weighted by Crippen LogP contribution is 2.40. The van der Waals surface area contributed by atoms with Crippen molar-refractivity contribution in [3.8, 4) is 0 Å². The summed E-state index contributed by atoms with van der Waals surface area (Å²) in [5.41, 5.74) is 3.61. The molecule has 2 aromatic rings. The molecule has 2 aliphatic rings. The van der Waals surface area contributed by atoms with Crippen LogP contribution in [0.25, 0.3) is 10.9 Å². The van der Waals surface area contributed by atoms with Gasteiger partial charge in [-0.25, -0.2) is 0 Å². The zero-order chi connectivity index (χ0) is 14.7. The molecule has 3 heterocycles. The number of benzene rings is 1. The van der Waals surface area contributed by atoms with Crippen molar-refractivity contribution in [2.24, 2.45) is 0 Å². The van der Waals surface area contributed by atoms with Gasteiger partial charge in [0.2, 0.25) is 0 Å². The van der Waals surface area contributed by atoms with Gasteiger partial charge in [0.05, 0.1) is 6.04 Å². The van der Waals surface area contributed by atoms with Crippen LogP contribution in [0.2, 0.25) is 0 Å². The van der Waals surface area contributed by atoms with Gasteiger partial charge < -0.3 is 9.88 Å². The number of amides is 1. The fourth-order valence-corrected chi connectivity index (χ4v) is 4.21. The van der Waals surface area contributed by atoms with Gasteiger partial charge in [-0.3, -0.25) is 9.69 Å². The third-order valence-electron chi connectivity index (χ3n) is 4.73. The average Bonchev–Trinajstić information content (AvgIpc) is 2.97. The molecule has 0 radical (unpaired) electrons. The number of rotatable bonds is 1. The Morgan fingerprint density at radius 2 is 2.14 bits per heavy atom. The van der Waals surface area contributed by atoms with Crippen LogP contribution < -0.4 is 0 Å². The Labute approximate surface area is 128 Å². The van der Waals surface area contributed by atoms with Gasteiger partial charge in [-0.15, -0.1) is 0 Å². The molecule has 2 aliphatic heterocycles. The number of hydrogen-bond acceptors (Lipinski definition) is 2. The minimum atomic E-state index is -0.140. The number of carbonyl (C=O) groups excluding carboxylic acids is 1. The van der Waals surface area contributed by atoms with Gasteiger partial charge in [0.15, 0.2) is 5.11 Å². The Morgan fingerprint density at radius 3 is 2.90 bits per heavy atom. The SMILES string of the molecule is CCN1C(=O)[C@@H]2Cc3c([nH]c4ccccc34)[C@H](C)N2C1=S. The summed E-state index contributed by atoms with van der Waals surface area (Å²) in [6.45, 7) is 4.74. The number of likely N-dealkylation sites (N-methyl/N-ethyl adjacent to an activating group) is 1. The molecule has 1 aromatic heterocycles. The van der Waals surface area contributed by atoms with E-state index in [1.807, 2.05) is 19.1 Å². The zero-order valence-corrected chi connectivity index (χ0v) is 12.9. The first-order chi connectivity index (χ1) is 10.1. The van der Waals surface area contributed by atoms with Crippen LogP contribution in [0, 0.1) is 0 Å². The largest absolute Gasteiger partial charge is 0.356 e. The van der Waals surface area contributed by atoms with E-state index in [2.05, 4.69) is 28.9 Å². The Hall–Kier alpha value is -1.88. The van der Waals surface area contributed by atoms with Crippen LogP contribution in [-0.4, -0.2) is 38.4 Å². The van der Waals surface area contributed by atoms with Crippen molar-refractivity contribution in [3.63, 3.8) is 0 Å². The number of thiocarbonyl (C=S) groups is 1. The summed E-state index contributed by atoms with van der Waals surface area (Å²) in [7, 11) is 0. The van der Waals surface area contributed by atoms with E-state index in [9.17, 15) is 4.79 Å². The molecular formula is C16H17N3OS. The Morgan fingerprint density at radius 1 is 1.38 bits per heavy atom. The fraction of sp³-hybridized carbons (Fsp3) is 0.375. The summed E-state index contributed by atoms with van der Waals surface area (Å²) in [6, 6.07) is 8.27. The Balaban J connectivity index is 1.88. The summed E-state index contributed by atoms with van der Waals surface area (Å²) in [4.78, 5) is 19.9. The lowest BCUT2D eigenvalue weighted by Gasteiger charge is -2.34. The van der Waals surface area contributed by atoms with E-state index in [-0.39, 0.29) is 18.0 Å². The molecule has 0 spiro atoms. The van der Waals surface area contributed by atoms with Crippen molar-refractivity contribution >= 4 is 34.1 Å². The van der Waals surface area contributed by atoms with Crippen LogP contribution in [0.15, 0.2) is 24.3 Å². The summed E-state index contributed by atoms with van der Waals surface area (Å²) in [6.07, 6.45) is 0.735. The van der Waals surface area contributed by atoms with E-state index in [1.165, 1.54) is 16.6 Å². The van der Waals surface area contributed by atoms with Gasteiger partial charge in [-0.05, 0) is 37.7 Å². The van der Waals surface area contributed by atoms with Gasteiger partial charge in [0.25, 0.3) is 5.91 Å². The molecule has 1 saturated heterocycles. The quantitative estimate of drug-likeness (QED) is 0.823. The molecule has 0 unspecified atom stereocenters. The number of aromatic nitrogens is 1. The number of aromatic amines is 1. The molecule has 4 nitrogen and oxygen atoms in total. The van der Waals surface area contributed by atoms with Crippen LogP contribution in [0.4, 0.5) is 0 Å². The maximum absolute atomic E-state index is 12.6. The van der Waals surface area contributed by atoms with Gasteiger partial charge in [0, 0.05) is 29.6 Å². The van der Waals surface area contributed by atoms with Crippen molar-refractivity contribution in [1.29, 1.82) is 0 Å². The van der Waals surface area contributed by atoms with E-state index in [0.29, 0.717) is 11.7 Å². The maximum Gasteiger partial charge on any atom is 0.251 e. The number of fused-ring (bicyclic) bond motifs is 4. The number of nitrogens with one attached hydrogen (secondary N) is 1. The molecule has 0 bridgehead atoms. The first kappa shape index (κ1) is 12.8. The normalized spacial score (nSPS) is 24.7. The predicted molar refractivity (Wildman–Crippen MR) is 86.0 cm³/mol. The van der Waals surface area contributed by atoms with Gasteiger partial charge >= 0.3 is 0 Å². The van der Waals surface area contributed by atoms with Crippen molar-refractivity contribution in [1.82, 2.24) is 14.8 Å². The van der Waals surface area contributed by atoms with Gasteiger partial charge in [-0.2, -0.15) is 0 Å². The number of hydrogen-bond donors (Lipinski definition) is 1. The second-order valence-electron chi connectivity index (χ2n) is 5.73. The van der Waals surface area contributed by atoms with Crippen LogP contribution in [-0.2, 0) is 11.2 Å². The lowest BCUT2D eigenvalue weighted by Crippen LogP contribution is -2.42. The summed E-state index contributed by atoms with van der Waals surface area (Å²) in [5.74, 6) is 0.144. The minimum absolute atomic E-state index is 0.110. The van der Waals surface area contributed by atoms with Crippen molar-refractivity contribution in [2.75, 3.05) is 6.54 Å². The summed E-state index contributed by atoms with van der Waals surface area (Å²) < 4.78 is 0. The average molecular weight is 299 g/mol. The molecule has 5 heteroatoms. The molecular weight excluding hydrogens is 282 g/mol. The van der Waals surface area contributed by atoms with Gasteiger partial charge in [-0.1, -0.05) is 18.2 Å². The fourth-order valence-electron chi connectivity index (χ4n) is 3.71. The molecule has 108 valence electrons. The highest BCUT2D eigenvalue weighted by molar-refractivity contribution is 7.80. The first-order valence-electron chi connectivity index (χ1n) is 7.36. The van der Waals surface area contributed by atoms with Crippen molar-refractivity contribution in [3.05, 3.63) is 35.5 Å². The number of carbonyl (C=O) groups is 1. The minimum Gasteiger partial charge on any atom is -0.356 e. The number of H-pyrrole nitrogens is 1. The van der Waals surface area contributed by atoms with Crippen molar-refractivity contribution in [2.45, 2.75) is 32.4 Å². The third kappa shape index (κ3) is 1.55. The van der Waals surface area contributed by atoms with E-state index >= 15 is 0 Å². The second kappa shape index (κ2) is 4.31. The molecule has 0 saturated carbocycles. The lowest BCUT2D eigenvalue weighted by molar-refractivity contribution is -0.128. The third-order valence-corrected chi connectivity index (χ3v) is 5.17. The lowest BCUT2D eigenvalue weighted by atomic mass is 9.93. The molecule has 1 N–H and O–H groups in total.